The molecule has 2 rings (SSSR count). The number of carboxylic acid groups (broad SMARTS) is 1. The molecule has 138 valence electrons. The minimum Gasteiger partial charge on any atom is -0.507 e. The van der Waals surface area contributed by atoms with E-state index >= 15 is 0 Å². The number of carbonyl (C=O) groups is 2. The molecule has 0 saturated heterocycles. The number of hydrogen-bond acceptors (Lipinski definition) is 5. The number of amides is 1. The molecule has 1 amide bonds. The van der Waals surface area contributed by atoms with Gasteiger partial charge in [0, 0.05) is 0 Å². The molecule has 3 N–H and O–H groups in total. The van der Waals surface area contributed by atoms with Gasteiger partial charge in [-0.1, -0.05) is 12.1 Å². The van der Waals surface area contributed by atoms with Crippen molar-refractivity contribution < 1.29 is 29.3 Å². The third-order valence-electron chi connectivity index (χ3n) is 4.05. The quantitative estimate of drug-likeness (QED) is 0.702. The number of benzene rings is 2. The second kappa shape index (κ2) is 7.77. The lowest BCUT2D eigenvalue weighted by Crippen LogP contribution is -2.45. The largest absolute Gasteiger partial charge is 0.507 e. The predicted molar refractivity (Wildman–Crippen MR) is 94.7 cm³/mol. The summed E-state index contributed by atoms with van der Waals surface area (Å²) in [5.74, 6) is -0.989. The minimum atomic E-state index is -1.22. The summed E-state index contributed by atoms with van der Waals surface area (Å²) in [6, 6.07) is 11.0. The van der Waals surface area contributed by atoms with Crippen LogP contribution in [-0.4, -0.2) is 36.3 Å². The fraction of sp³-hybridized carbons (Fsp3) is 0.263. The van der Waals surface area contributed by atoms with E-state index in [1.165, 1.54) is 32.4 Å². The second-order valence-electron chi connectivity index (χ2n) is 5.97. The van der Waals surface area contributed by atoms with Crippen LogP contribution >= 0.6 is 0 Å². The Balaban J connectivity index is 2.41. The molecule has 0 fully saturated rings. The summed E-state index contributed by atoms with van der Waals surface area (Å²) in [5, 5.41) is 22.0. The summed E-state index contributed by atoms with van der Waals surface area (Å²) >= 11 is 0. The maximum absolute atomic E-state index is 12.7. The van der Waals surface area contributed by atoms with E-state index in [9.17, 15) is 19.8 Å². The molecule has 7 heteroatoms. The van der Waals surface area contributed by atoms with Crippen LogP contribution in [0.2, 0.25) is 0 Å². The Morgan fingerprint density at radius 3 is 2.35 bits per heavy atom. The van der Waals surface area contributed by atoms with Crippen molar-refractivity contribution in [2.24, 2.45) is 0 Å². The van der Waals surface area contributed by atoms with Gasteiger partial charge in [0.15, 0.2) is 0 Å². The van der Waals surface area contributed by atoms with Crippen molar-refractivity contribution in [3.05, 3.63) is 53.6 Å². The zero-order valence-electron chi connectivity index (χ0n) is 14.8. The van der Waals surface area contributed by atoms with Crippen LogP contribution in [-0.2, 0) is 10.3 Å². The third-order valence-corrected chi connectivity index (χ3v) is 4.05. The van der Waals surface area contributed by atoms with E-state index in [2.05, 4.69) is 5.32 Å². The molecule has 26 heavy (non-hydrogen) atoms. The molecule has 0 aliphatic carbocycles. The number of nitrogens with one attached hydrogen (secondary N) is 1. The minimum absolute atomic E-state index is 0.0103. The highest BCUT2D eigenvalue weighted by Crippen LogP contribution is 2.30. The van der Waals surface area contributed by atoms with E-state index in [0.29, 0.717) is 17.1 Å². The predicted octanol–water partition coefficient (Wildman–Crippen LogP) is 2.53. The van der Waals surface area contributed by atoms with E-state index in [1.54, 1.807) is 31.2 Å². The number of phenolic OH excluding ortho intramolecular Hbond substituents is 1. The highest BCUT2D eigenvalue weighted by Gasteiger charge is 2.33. The molecule has 0 aliphatic heterocycles. The van der Waals surface area contributed by atoms with Gasteiger partial charge in [0.2, 0.25) is 0 Å². The number of methoxy groups -OCH3 is 2. The monoisotopic (exact) mass is 359 g/mol. The number of carbonyl (C=O) groups excluding carboxylic acids is 1. The average Bonchev–Trinajstić information content (AvgIpc) is 2.61. The first-order valence-corrected chi connectivity index (χ1v) is 7.85. The summed E-state index contributed by atoms with van der Waals surface area (Å²) in [7, 11) is 2.94. The Morgan fingerprint density at radius 1 is 1.08 bits per heavy atom. The topological polar surface area (TPSA) is 105 Å². The van der Waals surface area contributed by atoms with E-state index < -0.39 is 17.4 Å². The fourth-order valence-electron chi connectivity index (χ4n) is 2.63. The molecule has 2 aromatic carbocycles. The number of aromatic hydroxyl groups is 1. The van der Waals surface area contributed by atoms with Gasteiger partial charge in [-0.15, -0.1) is 0 Å². The summed E-state index contributed by atoms with van der Waals surface area (Å²) in [6.07, 6.45) is -0.351. The van der Waals surface area contributed by atoms with Crippen LogP contribution in [0, 0.1) is 0 Å². The number of aliphatic carboxylic acids is 1. The standard InChI is InChI=1S/C19H21NO6/c1-19(11-17(22)23,12-5-4-6-13(9-12)25-2)20-18(24)15-10-14(26-3)7-8-16(15)21/h4-10,21H,11H2,1-3H3,(H,20,24)(H,22,23). The maximum Gasteiger partial charge on any atom is 0.306 e. The number of ether oxygens (including phenoxy) is 2. The van der Waals surface area contributed by atoms with Crippen molar-refractivity contribution in [1.82, 2.24) is 5.32 Å². The van der Waals surface area contributed by atoms with Gasteiger partial charge in [0.05, 0.1) is 31.7 Å². The maximum atomic E-state index is 12.7. The van der Waals surface area contributed by atoms with Crippen molar-refractivity contribution in [3.63, 3.8) is 0 Å². The fourth-order valence-corrected chi connectivity index (χ4v) is 2.63. The smallest absolute Gasteiger partial charge is 0.306 e. The highest BCUT2D eigenvalue weighted by atomic mass is 16.5. The lowest BCUT2D eigenvalue weighted by molar-refractivity contribution is -0.138. The van der Waals surface area contributed by atoms with Gasteiger partial charge < -0.3 is 25.0 Å². The molecule has 0 aromatic heterocycles. The Hall–Kier alpha value is -3.22. The van der Waals surface area contributed by atoms with Crippen molar-refractivity contribution in [3.8, 4) is 17.2 Å². The molecule has 7 nitrogen and oxygen atoms in total. The summed E-state index contributed by atoms with van der Waals surface area (Å²) in [6.45, 7) is 1.60. The molecular formula is C19H21NO6. The first-order valence-electron chi connectivity index (χ1n) is 7.85. The number of hydrogen-bond donors (Lipinski definition) is 3. The zero-order chi connectivity index (χ0) is 19.3. The van der Waals surface area contributed by atoms with Crippen LogP contribution in [0.1, 0.15) is 29.3 Å². The van der Waals surface area contributed by atoms with Crippen LogP contribution in [0.25, 0.3) is 0 Å². The van der Waals surface area contributed by atoms with Crippen molar-refractivity contribution >= 4 is 11.9 Å². The molecule has 1 unspecified atom stereocenters. The van der Waals surface area contributed by atoms with Gasteiger partial charge in [-0.3, -0.25) is 9.59 Å². The van der Waals surface area contributed by atoms with Gasteiger partial charge in [0.25, 0.3) is 5.91 Å². The van der Waals surface area contributed by atoms with E-state index in [-0.39, 0.29) is 17.7 Å². The molecule has 0 heterocycles. The summed E-state index contributed by atoms with van der Waals surface area (Å²) in [5.41, 5.74) is -0.661. The zero-order valence-corrected chi connectivity index (χ0v) is 14.8. The van der Waals surface area contributed by atoms with Crippen LogP contribution in [0.3, 0.4) is 0 Å². The van der Waals surface area contributed by atoms with Gasteiger partial charge in [-0.05, 0) is 42.8 Å². The summed E-state index contributed by atoms with van der Waals surface area (Å²) < 4.78 is 10.2. The van der Waals surface area contributed by atoms with Gasteiger partial charge >= 0.3 is 5.97 Å². The molecule has 0 radical (unpaired) electrons. The Kier molecular flexibility index (Phi) is 5.71. The Bertz CT molecular complexity index is 819. The normalized spacial score (nSPS) is 12.7. The molecule has 2 aromatic rings. The van der Waals surface area contributed by atoms with Crippen molar-refractivity contribution in [2.75, 3.05) is 14.2 Å². The van der Waals surface area contributed by atoms with Crippen LogP contribution in [0.15, 0.2) is 42.5 Å². The van der Waals surface area contributed by atoms with Crippen LogP contribution < -0.4 is 14.8 Å². The van der Waals surface area contributed by atoms with Crippen LogP contribution in [0.4, 0.5) is 0 Å². The highest BCUT2D eigenvalue weighted by molar-refractivity contribution is 5.98. The van der Waals surface area contributed by atoms with Gasteiger partial charge in [-0.25, -0.2) is 0 Å². The van der Waals surface area contributed by atoms with Crippen LogP contribution in [0.5, 0.6) is 17.2 Å². The van der Waals surface area contributed by atoms with Crippen molar-refractivity contribution in [1.29, 1.82) is 0 Å². The number of rotatable bonds is 7. The first-order chi connectivity index (χ1) is 12.3. The molecular weight excluding hydrogens is 338 g/mol. The van der Waals surface area contributed by atoms with Crippen molar-refractivity contribution in [2.45, 2.75) is 18.9 Å². The molecule has 0 spiro atoms. The van der Waals surface area contributed by atoms with E-state index in [4.69, 9.17) is 9.47 Å². The van der Waals surface area contributed by atoms with E-state index in [1.807, 2.05) is 0 Å². The number of carboxylic acids is 1. The SMILES string of the molecule is COc1cccc(C(C)(CC(=O)O)NC(=O)c2cc(OC)ccc2O)c1. The molecule has 0 saturated carbocycles. The number of phenols is 1. The first kappa shape index (κ1) is 19.1. The summed E-state index contributed by atoms with van der Waals surface area (Å²) in [4.78, 5) is 24.1. The average molecular weight is 359 g/mol. The second-order valence-corrected chi connectivity index (χ2v) is 5.97. The molecule has 1 atom stereocenters. The Morgan fingerprint density at radius 2 is 1.73 bits per heavy atom. The molecule has 0 aliphatic rings. The third kappa shape index (κ3) is 4.24. The molecule has 0 bridgehead atoms. The van der Waals surface area contributed by atoms with Gasteiger partial charge in [0.1, 0.15) is 17.2 Å². The Labute approximate surface area is 151 Å². The lowest BCUT2D eigenvalue weighted by atomic mass is 9.88. The van der Waals surface area contributed by atoms with E-state index in [0.717, 1.165) is 0 Å². The van der Waals surface area contributed by atoms with Gasteiger partial charge in [-0.2, -0.15) is 0 Å². The lowest BCUT2D eigenvalue weighted by Gasteiger charge is -2.30.